The number of halogens is 1. The molecule has 0 aliphatic carbocycles. The third-order valence-corrected chi connectivity index (χ3v) is 5.81. The number of aromatic nitrogens is 1. The molecule has 1 aliphatic rings. The van der Waals surface area contributed by atoms with Gasteiger partial charge in [-0.05, 0) is 39.3 Å². The van der Waals surface area contributed by atoms with Crippen LogP contribution < -0.4 is 4.74 Å². The summed E-state index contributed by atoms with van der Waals surface area (Å²) in [5.41, 5.74) is -1.03. The van der Waals surface area contributed by atoms with Crippen LogP contribution in [0.25, 0.3) is 10.6 Å². The minimum atomic E-state index is -1.40. The predicted octanol–water partition coefficient (Wildman–Crippen LogP) is 4.22. The molecule has 10 heteroatoms. The quantitative estimate of drug-likeness (QED) is 0.680. The van der Waals surface area contributed by atoms with Gasteiger partial charge in [0.05, 0.1) is 24.3 Å². The van der Waals surface area contributed by atoms with Gasteiger partial charge >= 0.3 is 12.1 Å². The molecule has 2 heterocycles. The van der Waals surface area contributed by atoms with Gasteiger partial charge in [0, 0.05) is 17.6 Å². The maximum Gasteiger partial charge on any atom is 0.410 e. The Labute approximate surface area is 189 Å². The van der Waals surface area contributed by atoms with E-state index >= 15 is 0 Å². The number of carboxylic acids is 1. The van der Waals surface area contributed by atoms with Crippen LogP contribution in [0.5, 0.6) is 5.75 Å². The van der Waals surface area contributed by atoms with Crippen molar-refractivity contribution >= 4 is 23.4 Å². The number of ether oxygens (including phenoxy) is 3. The van der Waals surface area contributed by atoms with E-state index < -0.39 is 35.1 Å². The first-order valence-corrected chi connectivity index (χ1v) is 11.1. The van der Waals surface area contributed by atoms with Gasteiger partial charge in [0.2, 0.25) is 0 Å². The zero-order valence-corrected chi connectivity index (χ0v) is 19.3. The third kappa shape index (κ3) is 5.95. The second kappa shape index (κ2) is 9.83. The Bertz CT molecular complexity index is 987. The summed E-state index contributed by atoms with van der Waals surface area (Å²) in [6, 6.07) is 2.58. The van der Waals surface area contributed by atoms with E-state index in [1.807, 2.05) is 6.92 Å². The van der Waals surface area contributed by atoms with Gasteiger partial charge in [0.15, 0.2) is 0 Å². The lowest BCUT2D eigenvalue weighted by molar-refractivity contribution is -0.0557. The maximum atomic E-state index is 14.8. The number of carbonyl (C=O) groups excluding carboxylic acids is 1. The van der Waals surface area contributed by atoms with E-state index in [1.54, 1.807) is 31.9 Å². The van der Waals surface area contributed by atoms with Gasteiger partial charge in [-0.2, -0.15) is 0 Å². The fourth-order valence-corrected chi connectivity index (χ4v) is 3.95. The molecule has 1 aromatic carbocycles. The highest BCUT2D eigenvalue weighted by Crippen LogP contribution is 2.33. The highest BCUT2D eigenvalue weighted by atomic mass is 32.1. The zero-order valence-electron chi connectivity index (χ0n) is 18.5. The standard InChI is InChI=1S/C22H27FN2O6S/c1-5-15-10-24-19(32-15)16-8-13(9-17(18(16)23)20(26)27)30-12-14-11-25(6-7-29-14)21(28)31-22(2,3)4/h8-10,14H,5-7,11-12H2,1-4H3,(H,26,27)/t14-/m1/s1. The predicted molar refractivity (Wildman–Crippen MR) is 117 cm³/mol. The van der Waals surface area contributed by atoms with Gasteiger partial charge in [-0.25, -0.2) is 19.0 Å². The summed E-state index contributed by atoms with van der Waals surface area (Å²) < 4.78 is 31.6. The molecule has 0 spiro atoms. The van der Waals surface area contributed by atoms with Crippen LogP contribution in [0.4, 0.5) is 9.18 Å². The number of benzene rings is 1. The van der Waals surface area contributed by atoms with Crippen LogP contribution in [0.3, 0.4) is 0 Å². The van der Waals surface area contributed by atoms with Gasteiger partial charge in [0.25, 0.3) is 0 Å². The fraction of sp³-hybridized carbons (Fsp3) is 0.500. The Morgan fingerprint density at radius 3 is 2.75 bits per heavy atom. The molecule has 0 radical (unpaired) electrons. The van der Waals surface area contributed by atoms with Crippen molar-refractivity contribution in [3.63, 3.8) is 0 Å². The Morgan fingerprint density at radius 2 is 2.12 bits per heavy atom. The average molecular weight is 467 g/mol. The zero-order chi connectivity index (χ0) is 23.5. The maximum absolute atomic E-state index is 14.8. The van der Waals surface area contributed by atoms with Crippen LogP contribution in [-0.2, 0) is 15.9 Å². The van der Waals surface area contributed by atoms with E-state index in [0.717, 1.165) is 17.4 Å². The van der Waals surface area contributed by atoms with Gasteiger partial charge in [-0.3, -0.25) is 0 Å². The van der Waals surface area contributed by atoms with E-state index in [4.69, 9.17) is 14.2 Å². The fourth-order valence-electron chi connectivity index (χ4n) is 3.09. The molecule has 1 saturated heterocycles. The molecule has 1 aliphatic heterocycles. The Hall–Kier alpha value is -2.72. The SMILES string of the molecule is CCc1cnc(-c2cc(OC[C@H]3CN(C(=O)OC(C)(C)C)CCO3)cc(C(=O)O)c2F)s1. The van der Waals surface area contributed by atoms with Crippen molar-refractivity contribution in [2.24, 2.45) is 0 Å². The number of hydrogen-bond donors (Lipinski definition) is 1. The smallest absolute Gasteiger partial charge is 0.410 e. The Balaban J connectivity index is 1.74. The first-order valence-electron chi connectivity index (χ1n) is 10.3. The minimum Gasteiger partial charge on any atom is -0.491 e. The molecule has 0 saturated carbocycles. The second-order valence-electron chi connectivity index (χ2n) is 8.35. The number of aryl methyl sites for hydroxylation is 1. The van der Waals surface area contributed by atoms with Crippen molar-refractivity contribution in [1.29, 1.82) is 0 Å². The van der Waals surface area contributed by atoms with Gasteiger partial charge in [-0.1, -0.05) is 6.92 Å². The molecular formula is C22H27FN2O6S. The molecule has 1 amide bonds. The van der Waals surface area contributed by atoms with Crippen LogP contribution in [-0.4, -0.2) is 65.1 Å². The lowest BCUT2D eigenvalue weighted by atomic mass is 10.1. The molecular weight excluding hydrogens is 439 g/mol. The number of rotatable bonds is 6. The van der Waals surface area contributed by atoms with E-state index in [9.17, 15) is 19.1 Å². The van der Waals surface area contributed by atoms with Crippen LogP contribution in [0.2, 0.25) is 0 Å². The Morgan fingerprint density at radius 1 is 1.38 bits per heavy atom. The number of carbonyl (C=O) groups is 2. The number of hydrogen-bond acceptors (Lipinski definition) is 7. The van der Waals surface area contributed by atoms with Crippen LogP contribution in [0.1, 0.15) is 42.9 Å². The number of nitrogens with zero attached hydrogens (tertiary/aromatic N) is 2. The number of morpholine rings is 1. The highest BCUT2D eigenvalue weighted by Gasteiger charge is 2.29. The molecule has 1 N–H and O–H groups in total. The summed E-state index contributed by atoms with van der Waals surface area (Å²) in [5.74, 6) is -2.07. The number of carboxylic acid groups (broad SMARTS) is 1. The summed E-state index contributed by atoms with van der Waals surface area (Å²) in [6.45, 7) is 8.39. The van der Waals surface area contributed by atoms with Crippen molar-refractivity contribution in [3.05, 3.63) is 34.6 Å². The van der Waals surface area contributed by atoms with Crippen LogP contribution in [0.15, 0.2) is 18.3 Å². The summed E-state index contributed by atoms with van der Waals surface area (Å²) in [5, 5.41) is 9.81. The number of thiazole rings is 1. The van der Waals surface area contributed by atoms with E-state index in [0.29, 0.717) is 18.2 Å². The number of amides is 1. The molecule has 0 bridgehead atoms. The summed E-state index contributed by atoms with van der Waals surface area (Å²) in [6.07, 6.45) is 1.52. The molecule has 1 aromatic heterocycles. The molecule has 8 nitrogen and oxygen atoms in total. The number of aromatic carboxylic acids is 1. The third-order valence-electron chi connectivity index (χ3n) is 4.64. The van der Waals surface area contributed by atoms with Crippen molar-refractivity contribution < 1.29 is 33.3 Å². The normalized spacial score (nSPS) is 16.7. The average Bonchev–Trinajstić information content (AvgIpc) is 3.21. The molecule has 2 aromatic rings. The van der Waals surface area contributed by atoms with Crippen molar-refractivity contribution in [2.75, 3.05) is 26.3 Å². The molecule has 1 atom stereocenters. The molecule has 32 heavy (non-hydrogen) atoms. The lowest BCUT2D eigenvalue weighted by Crippen LogP contribution is -2.49. The monoisotopic (exact) mass is 466 g/mol. The van der Waals surface area contributed by atoms with Gasteiger partial charge in [-0.15, -0.1) is 11.3 Å². The van der Waals surface area contributed by atoms with Gasteiger partial charge < -0.3 is 24.2 Å². The Kier molecular flexibility index (Phi) is 7.35. The van der Waals surface area contributed by atoms with Crippen LogP contribution >= 0.6 is 11.3 Å². The largest absolute Gasteiger partial charge is 0.491 e. The lowest BCUT2D eigenvalue weighted by Gasteiger charge is -2.34. The van der Waals surface area contributed by atoms with Crippen molar-refractivity contribution in [2.45, 2.75) is 45.8 Å². The highest BCUT2D eigenvalue weighted by molar-refractivity contribution is 7.15. The van der Waals surface area contributed by atoms with Gasteiger partial charge in [0.1, 0.15) is 34.9 Å². The minimum absolute atomic E-state index is 0.0571. The second-order valence-corrected chi connectivity index (χ2v) is 9.47. The molecule has 3 rings (SSSR count). The van der Waals surface area contributed by atoms with E-state index in [-0.39, 0.29) is 24.5 Å². The van der Waals surface area contributed by atoms with Crippen LogP contribution in [0, 0.1) is 5.82 Å². The molecule has 1 fully saturated rings. The summed E-state index contributed by atoms with van der Waals surface area (Å²) in [4.78, 5) is 30.6. The van der Waals surface area contributed by atoms with E-state index in [1.165, 1.54) is 17.4 Å². The summed E-state index contributed by atoms with van der Waals surface area (Å²) >= 11 is 1.30. The van der Waals surface area contributed by atoms with E-state index in [2.05, 4.69) is 4.98 Å². The van der Waals surface area contributed by atoms with Crippen molar-refractivity contribution in [1.82, 2.24) is 9.88 Å². The summed E-state index contributed by atoms with van der Waals surface area (Å²) in [7, 11) is 0. The molecule has 174 valence electrons. The first kappa shape index (κ1) is 23.9. The topological polar surface area (TPSA) is 98.2 Å². The van der Waals surface area contributed by atoms with Crippen molar-refractivity contribution in [3.8, 4) is 16.3 Å². The first-order chi connectivity index (χ1) is 15.1. The molecule has 0 unspecified atom stereocenters.